The minimum Gasteiger partial charge on any atom is -0.493 e. The maximum Gasteiger partial charge on any atom is 0.303 e. The first kappa shape index (κ1) is 22.4. The Kier molecular flexibility index (Phi) is 6.55. The second-order valence-corrected chi connectivity index (χ2v) is 8.59. The minimum atomic E-state index is -3.85. The summed E-state index contributed by atoms with van der Waals surface area (Å²) in [5.74, 6) is -4.45. The number of methoxy groups -OCH3 is 2. The van der Waals surface area contributed by atoms with E-state index in [9.17, 15) is 13.9 Å². The van der Waals surface area contributed by atoms with Crippen molar-refractivity contribution < 1.29 is 36.6 Å². The molecule has 1 aromatic heterocycles. The Morgan fingerprint density at radius 2 is 1.91 bits per heavy atom. The number of aryl methyl sites for hydroxylation is 1. The summed E-state index contributed by atoms with van der Waals surface area (Å²) in [6.45, 7) is 5.31. The van der Waals surface area contributed by atoms with Crippen molar-refractivity contribution >= 4 is 16.7 Å². The largest absolute Gasteiger partial charge is 0.493 e. The van der Waals surface area contributed by atoms with Crippen LogP contribution in [0.25, 0.3) is 10.9 Å². The topological polar surface area (TPSA) is 85.7 Å². The molecule has 2 N–H and O–H groups in total. The highest BCUT2D eigenvalue weighted by Crippen LogP contribution is 2.41. The van der Waals surface area contributed by atoms with E-state index in [1.54, 1.807) is 13.8 Å². The van der Waals surface area contributed by atoms with Crippen LogP contribution in [0.4, 0.5) is 19.0 Å². The summed E-state index contributed by atoms with van der Waals surface area (Å²) in [5.41, 5.74) is -3.18. The van der Waals surface area contributed by atoms with Gasteiger partial charge in [-0.25, -0.2) is 14.4 Å². The molecule has 1 atom stereocenters. The summed E-state index contributed by atoms with van der Waals surface area (Å²) in [7, 11) is -1.27. The Balaban J connectivity index is 2.07. The summed E-state index contributed by atoms with van der Waals surface area (Å²) >= 11 is 0. The highest BCUT2D eigenvalue weighted by molar-refractivity contribution is 5.92. The number of anilines is 1. The molecule has 3 aromatic rings. The molecule has 0 bridgehead atoms. The van der Waals surface area contributed by atoms with E-state index in [0.717, 1.165) is 19.9 Å². The number of alkyl halides is 2. The van der Waals surface area contributed by atoms with Gasteiger partial charge in [-0.15, -0.1) is 0 Å². The van der Waals surface area contributed by atoms with E-state index in [1.165, 1.54) is 31.4 Å². The van der Waals surface area contributed by atoms with Crippen molar-refractivity contribution in [3.05, 3.63) is 53.1 Å². The smallest absolute Gasteiger partial charge is 0.303 e. The normalized spacial score (nSPS) is 14.7. The van der Waals surface area contributed by atoms with Crippen molar-refractivity contribution in [2.75, 3.05) is 32.7 Å². The Hall–Kier alpha value is -3.11. The van der Waals surface area contributed by atoms with Gasteiger partial charge in [0.15, 0.2) is 11.5 Å². The third-order valence-corrected chi connectivity index (χ3v) is 5.48. The zero-order chi connectivity index (χ0) is 28.5. The quantitative estimate of drug-likeness (QED) is 0.376. The van der Waals surface area contributed by atoms with Crippen LogP contribution in [-0.4, -0.2) is 48.0 Å². The molecule has 0 spiro atoms. The van der Waals surface area contributed by atoms with Gasteiger partial charge in [0.25, 0.3) is 0 Å². The molecule has 7 nitrogen and oxygen atoms in total. The summed E-state index contributed by atoms with van der Waals surface area (Å²) in [6.07, 6.45) is 0. The van der Waals surface area contributed by atoms with Crippen molar-refractivity contribution in [3.63, 3.8) is 0 Å². The van der Waals surface area contributed by atoms with Gasteiger partial charge >= 0.3 is 5.92 Å². The van der Waals surface area contributed by atoms with Crippen LogP contribution in [0.15, 0.2) is 30.3 Å². The van der Waals surface area contributed by atoms with Gasteiger partial charge in [0, 0.05) is 24.1 Å². The Labute approximate surface area is 206 Å². The molecule has 3 rings (SSSR count). The molecular weight excluding hydrogens is 463 g/mol. The van der Waals surface area contributed by atoms with E-state index >= 15 is 4.39 Å². The molecule has 190 valence electrons. The molecule has 1 heterocycles. The van der Waals surface area contributed by atoms with Gasteiger partial charge in [-0.05, 0) is 39.8 Å². The second-order valence-electron chi connectivity index (χ2n) is 8.59. The lowest BCUT2D eigenvalue weighted by molar-refractivity contribution is -0.170. The third-order valence-electron chi connectivity index (χ3n) is 5.48. The van der Waals surface area contributed by atoms with E-state index in [2.05, 4.69) is 15.3 Å². The van der Waals surface area contributed by atoms with Gasteiger partial charge in [-0.1, -0.05) is 12.1 Å². The molecule has 0 unspecified atom stereocenters. The average molecular weight is 497 g/mol. The average Bonchev–Trinajstić information content (AvgIpc) is 2.77. The van der Waals surface area contributed by atoms with Crippen molar-refractivity contribution in [1.82, 2.24) is 9.97 Å². The lowest BCUT2D eigenvalue weighted by Gasteiger charge is -2.30. The standard InChI is InChI=1S/C25H30F3N3O4/c1-14(16-8-7-9-18(22(16)26)25(27,28)24(3,4)32)29-23-17-12-21(35-11-10-33-5)20(34-6)13-19(17)30-15(2)31-23/h7-9,12-14,32H,10-11H2,1-6H3,(H,29,30,31)/t14-/m1/s1/i6D3. The fraction of sp³-hybridized carbons (Fsp3) is 0.440. The van der Waals surface area contributed by atoms with Crippen LogP contribution in [0, 0.1) is 12.7 Å². The van der Waals surface area contributed by atoms with E-state index < -0.39 is 36.0 Å². The van der Waals surface area contributed by atoms with Crippen LogP contribution in [0.1, 0.15) is 47.9 Å². The van der Waals surface area contributed by atoms with Crippen molar-refractivity contribution in [2.45, 2.75) is 45.3 Å². The third kappa shape index (κ3) is 5.43. The van der Waals surface area contributed by atoms with E-state index in [1.807, 2.05) is 0 Å². The zero-order valence-corrected chi connectivity index (χ0v) is 20.1. The van der Waals surface area contributed by atoms with Crippen LogP contribution in [0.5, 0.6) is 11.5 Å². The number of ether oxygens (including phenoxy) is 3. The van der Waals surface area contributed by atoms with Gasteiger partial charge in [0.1, 0.15) is 29.7 Å². The first-order valence-corrected chi connectivity index (χ1v) is 10.8. The fourth-order valence-electron chi connectivity index (χ4n) is 3.53. The van der Waals surface area contributed by atoms with Gasteiger partial charge < -0.3 is 24.6 Å². The van der Waals surface area contributed by atoms with E-state index in [4.69, 9.17) is 18.3 Å². The zero-order valence-electron chi connectivity index (χ0n) is 23.1. The molecule has 0 aliphatic carbocycles. The van der Waals surface area contributed by atoms with Gasteiger partial charge in [-0.2, -0.15) is 8.78 Å². The molecule has 0 saturated carbocycles. The molecule has 0 aliphatic rings. The lowest BCUT2D eigenvalue weighted by atomic mass is 9.91. The maximum absolute atomic E-state index is 15.3. The molecule has 2 aromatic carbocycles. The van der Waals surface area contributed by atoms with Crippen LogP contribution in [0.3, 0.4) is 0 Å². The van der Waals surface area contributed by atoms with Crippen molar-refractivity contribution in [3.8, 4) is 11.5 Å². The number of hydrogen-bond donors (Lipinski definition) is 2. The van der Waals surface area contributed by atoms with E-state index in [-0.39, 0.29) is 36.1 Å². The number of aliphatic hydroxyl groups is 1. The number of aromatic nitrogens is 2. The number of rotatable bonds is 10. The highest BCUT2D eigenvalue weighted by atomic mass is 19.3. The predicted molar refractivity (Wildman–Crippen MR) is 127 cm³/mol. The van der Waals surface area contributed by atoms with Crippen LogP contribution in [0.2, 0.25) is 0 Å². The van der Waals surface area contributed by atoms with Gasteiger partial charge in [0.05, 0.1) is 34.9 Å². The molecule has 10 heteroatoms. The summed E-state index contributed by atoms with van der Waals surface area (Å²) in [5, 5.41) is 13.3. The fourth-order valence-corrected chi connectivity index (χ4v) is 3.53. The number of nitrogens with one attached hydrogen (secondary N) is 1. The number of hydrogen-bond acceptors (Lipinski definition) is 7. The molecule has 0 saturated heterocycles. The maximum atomic E-state index is 15.3. The summed E-state index contributed by atoms with van der Waals surface area (Å²) in [6, 6.07) is 5.60. The number of benzene rings is 2. The minimum absolute atomic E-state index is 0.0710. The first-order chi connectivity index (χ1) is 17.5. The van der Waals surface area contributed by atoms with E-state index in [0.29, 0.717) is 16.7 Å². The molecule has 35 heavy (non-hydrogen) atoms. The lowest BCUT2D eigenvalue weighted by Crippen LogP contribution is -2.41. The predicted octanol–water partition coefficient (Wildman–Crippen LogP) is 5.15. The second kappa shape index (κ2) is 10.2. The Bertz CT molecular complexity index is 1300. The Morgan fingerprint density at radius 1 is 1.17 bits per heavy atom. The first-order valence-electron chi connectivity index (χ1n) is 12.3. The van der Waals surface area contributed by atoms with Gasteiger partial charge in [0.2, 0.25) is 0 Å². The van der Waals surface area contributed by atoms with Crippen molar-refractivity contribution in [2.24, 2.45) is 0 Å². The SMILES string of the molecule is [2H]C([2H])([2H])Oc1cc2nc(C)nc(N[C@H](C)c3cccc(C(F)(F)C(C)(C)O)c3F)c2cc1OCCOC. The molecule has 0 radical (unpaired) electrons. The van der Waals surface area contributed by atoms with Crippen LogP contribution < -0.4 is 14.8 Å². The number of fused-ring (bicyclic) bond motifs is 1. The summed E-state index contributed by atoms with van der Waals surface area (Å²) < 4.78 is 83.0. The van der Waals surface area contributed by atoms with Gasteiger partial charge in [-0.3, -0.25) is 0 Å². The number of halogens is 3. The number of nitrogens with zero attached hydrogens (tertiary/aromatic N) is 2. The van der Waals surface area contributed by atoms with Crippen molar-refractivity contribution in [1.29, 1.82) is 0 Å². The molecular formula is C25H30F3N3O4. The summed E-state index contributed by atoms with van der Waals surface area (Å²) in [4.78, 5) is 8.72. The highest BCUT2D eigenvalue weighted by Gasteiger charge is 2.49. The van der Waals surface area contributed by atoms with Crippen LogP contribution in [-0.2, 0) is 10.7 Å². The molecule has 0 aliphatic heterocycles. The monoisotopic (exact) mass is 496 g/mol. The van der Waals surface area contributed by atoms with Crippen LogP contribution >= 0.6 is 0 Å². The molecule has 0 fully saturated rings. The molecule has 0 amide bonds. The Morgan fingerprint density at radius 3 is 2.57 bits per heavy atom.